The Morgan fingerprint density at radius 2 is 2.15 bits per heavy atom. The second-order valence-electron chi connectivity index (χ2n) is 2.77. The summed E-state index contributed by atoms with van der Waals surface area (Å²) in [5, 5.41) is 9.69. The summed E-state index contributed by atoms with van der Waals surface area (Å²) in [6.45, 7) is 0. The van der Waals surface area contributed by atoms with E-state index in [9.17, 15) is 4.79 Å². The maximum Gasteiger partial charge on any atom is 0.337 e. The summed E-state index contributed by atoms with van der Waals surface area (Å²) in [5.41, 5.74) is 6.75. The zero-order chi connectivity index (χ0) is 9.42. The zero-order valence-corrected chi connectivity index (χ0v) is 6.74. The van der Waals surface area contributed by atoms with Crippen LogP contribution in [0.15, 0.2) is 24.4 Å². The van der Waals surface area contributed by atoms with Crippen molar-refractivity contribution in [2.24, 2.45) is 0 Å². The summed E-state index contributed by atoms with van der Waals surface area (Å²) in [4.78, 5) is 13.6. The molecule has 0 aliphatic heterocycles. The fourth-order valence-corrected chi connectivity index (χ4v) is 1.34. The Hall–Kier alpha value is -1.97. The smallest absolute Gasteiger partial charge is 0.337 e. The van der Waals surface area contributed by atoms with Gasteiger partial charge in [0, 0.05) is 11.6 Å². The Kier molecular flexibility index (Phi) is 1.48. The first kappa shape index (κ1) is 7.67. The molecule has 1 aromatic heterocycles. The molecule has 2 aromatic rings. The number of carbonyl (C=O) groups is 1. The molecule has 13 heavy (non-hydrogen) atoms. The van der Waals surface area contributed by atoms with Gasteiger partial charge in [0.05, 0.1) is 16.8 Å². The van der Waals surface area contributed by atoms with Gasteiger partial charge in [-0.05, 0) is 12.1 Å². The number of H-pyrrole nitrogens is 1. The molecule has 2 rings (SSSR count). The molecule has 0 aliphatic carbocycles. The molecule has 0 radical (unpaired) electrons. The molecule has 0 atom stereocenters. The molecular weight excluding hydrogens is 168 g/mol. The van der Waals surface area contributed by atoms with Crippen LogP contribution in [0.3, 0.4) is 0 Å². The van der Waals surface area contributed by atoms with Crippen molar-refractivity contribution in [3.63, 3.8) is 0 Å². The van der Waals surface area contributed by atoms with Crippen molar-refractivity contribution in [1.29, 1.82) is 0 Å². The van der Waals surface area contributed by atoms with E-state index in [1.165, 1.54) is 6.07 Å². The number of nitrogen functional groups attached to an aromatic ring is 1. The van der Waals surface area contributed by atoms with Crippen molar-refractivity contribution in [3.05, 3.63) is 30.0 Å². The second kappa shape index (κ2) is 2.52. The minimum Gasteiger partial charge on any atom is -0.478 e. The van der Waals surface area contributed by atoms with E-state index in [0.717, 1.165) is 5.39 Å². The molecule has 4 N–H and O–H groups in total. The monoisotopic (exact) mass is 176 g/mol. The van der Waals surface area contributed by atoms with E-state index in [2.05, 4.69) is 4.98 Å². The first-order valence-corrected chi connectivity index (χ1v) is 3.79. The lowest BCUT2D eigenvalue weighted by atomic mass is 10.1. The third-order valence-electron chi connectivity index (χ3n) is 2.00. The van der Waals surface area contributed by atoms with Crippen LogP contribution >= 0.6 is 0 Å². The van der Waals surface area contributed by atoms with Crippen LogP contribution in [0.5, 0.6) is 0 Å². The number of nitrogens with one attached hydrogen (secondary N) is 1. The molecule has 4 nitrogen and oxygen atoms in total. The Morgan fingerprint density at radius 1 is 1.38 bits per heavy atom. The topological polar surface area (TPSA) is 79.1 Å². The van der Waals surface area contributed by atoms with E-state index in [4.69, 9.17) is 10.8 Å². The van der Waals surface area contributed by atoms with Crippen molar-refractivity contribution in [2.45, 2.75) is 0 Å². The van der Waals surface area contributed by atoms with Gasteiger partial charge in [0.25, 0.3) is 0 Å². The largest absolute Gasteiger partial charge is 0.478 e. The molecule has 1 heterocycles. The molecule has 0 saturated heterocycles. The van der Waals surface area contributed by atoms with Crippen molar-refractivity contribution in [2.75, 3.05) is 5.73 Å². The quantitative estimate of drug-likeness (QED) is 0.575. The van der Waals surface area contributed by atoms with Crippen LogP contribution in [-0.4, -0.2) is 16.1 Å². The first-order valence-electron chi connectivity index (χ1n) is 3.79. The lowest BCUT2D eigenvalue weighted by Gasteiger charge is -2.00. The summed E-state index contributed by atoms with van der Waals surface area (Å²) >= 11 is 0. The van der Waals surface area contributed by atoms with Crippen molar-refractivity contribution < 1.29 is 9.90 Å². The number of aromatic amines is 1. The number of hydrogen-bond acceptors (Lipinski definition) is 2. The number of carboxylic acids is 1. The van der Waals surface area contributed by atoms with Gasteiger partial charge in [-0.2, -0.15) is 0 Å². The summed E-state index contributed by atoms with van der Waals surface area (Å²) in [7, 11) is 0. The fraction of sp³-hybridized carbons (Fsp3) is 0. The Morgan fingerprint density at radius 3 is 2.85 bits per heavy atom. The Balaban J connectivity index is 2.80. The zero-order valence-electron chi connectivity index (χ0n) is 6.74. The average Bonchev–Trinajstić information content (AvgIpc) is 2.52. The van der Waals surface area contributed by atoms with Crippen LogP contribution in [0.1, 0.15) is 10.4 Å². The number of benzene rings is 1. The Labute approximate surface area is 74.0 Å². The van der Waals surface area contributed by atoms with Gasteiger partial charge in [0.15, 0.2) is 0 Å². The van der Waals surface area contributed by atoms with Gasteiger partial charge in [-0.15, -0.1) is 0 Å². The third kappa shape index (κ3) is 1.03. The lowest BCUT2D eigenvalue weighted by Crippen LogP contribution is -2.02. The van der Waals surface area contributed by atoms with Gasteiger partial charge < -0.3 is 15.8 Å². The van der Waals surface area contributed by atoms with Crippen molar-refractivity contribution in [1.82, 2.24) is 4.98 Å². The number of carboxylic acid groups (broad SMARTS) is 1. The van der Waals surface area contributed by atoms with E-state index in [1.54, 1.807) is 12.3 Å². The number of fused-ring (bicyclic) bond motifs is 1. The maximum absolute atomic E-state index is 10.7. The fourth-order valence-electron chi connectivity index (χ4n) is 1.34. The molecule has 0 amide bonds. The van der Waals surface area contributed by atoms with E-state index in [-0.39, 0.29) is 11.3 Å². The molecule has 0 unspecified atom stereocenters. The van der Waals surface area contributed by atoms with Gasteiger partial charge in [0.1, 0.15) is 0 Å². The molecule has 0 saturated carbocycles. The lowest BCUT2D eigenvalue weighted by molar-refractivity contribution is 0.0698. The minimum absolute atomic E-state index is 0.134. The van der Waals surface area contributed by atoms with Gasteiger partial charge in [-0.3, -0.25) is 0 Å². The van der Waals surface area contributed by atoms with Crippen molar-refractivity contribution >= 4 is 22.6 Å². The Bertz CT molecular complexity index is 473. The molecule has 4 heteroatoms. The van der Waals surface area contributed by atoms with Crippen LogP contribution in [0.4, 0.5) is 5.69 Å². The van der Waals surface area contributed by atoms with Crippen LogP contribution < -0.4 is 5.73 Å². The van der Waals surface area contributed by atoms with Gasteiger partial charge >= 0.3 is 5.97 Å². The van der Waals surface area contributed by atoms with Crippen LogP contribution in [-0.2, 0) is 0 Å². The van der Waals surface area contributed by atoms with E-state index in [0.29, 0.717) is 5.52 Å². The van der Waals surface area contributed by atoms with E-state index < -0.39 is 5.97 Å². The third-order valence-corrected chi connectivity index (χ3v) is 2.00. The predicted molar refractivity (Wildman–Crippen MR) is 49.7 cm³/mol. The molecule has 0 fully saturated rings. The number of anilines is 1. The highest BCUT2D eigenvalue weighted by Crippen LogP contribution is 2.23. The SMILES string of the molecule is Nc1c(C(=O)O)ccc2cc[nH]c12. The highest BCUT2D eigenvalue weighted by atomic mass is 16.4. The second-order valence-corrected chi connectivity index (χ2v) is 2.77. The number of rotatable bonds is 1. The molecule has 0 bridgehead atoms. The van der Waals surface area contributed by atoms with E-state index in [1.807, 2.05) is 6.07 Å². The number of nitrogens with two attached hydrogens (primary N) is 1. The normalized spacial score (nSPS) is 10.5. The molecule has 1 aromatic carbocycles. The van der Waals surface area contributed by atoms with Gasteiger partial charge in [0.2, 0.25) is 0 Å². The van der Waals surface area contributed by atoms with Crippen molar-refractivity contribution in [3.8, 4) is 0 Å². The summed E-state index contributed by atoms with van der Waals surface area (Å²) < 4.78 is 0. The molecule has 0 spiro atoms. The molecule has 66 valence electrons. The van der Waals surface area contributed by atoms with E-state index >= 15 is 0 Å². The average molecular weight is 176 g/mol. The highest BCUT2D eigenvalue weighted by molar-refractivity contribution is 6.03. The maximum atomic E-state index is 10.7. The number of aromatic carboxylic acids is 1. The van der Waals surface area contributed by atoms with Gasteiger partial charge in [-0.25, -0.2) is 4.79 Å². The molecular formula is C9H8N2O2. The predicted octanol–water partition coefficient (Wildman–Crippen LogP) is 1.45. The van der Waals surface area contributed by atoms with Crippen LogP contribution in [0.25, 0.3) is 10.9 Å². The standard InChI is InChI=1S/C9H8N2O2/c10-7-6(9(12)13)2-1-5-3-4-11-8(5)7/h1-4,11H,10H2,(H,12,13). The number of aromatic nitrogens is 1. The van der Waals surface area contributed by atoms with Crippen LogP contribution in [0.2, 0.25) is 0 Å². The number of hydrogen-bond donors (Lipinski definition) is 3. The molecule has 0 aliphatic rings. The van der Waals surface area contributed by atoms with Gasteiger partial charge in [-0.1, -0.05) is 6.07 Å². The summed E-state index contributed by atoms with van der Waals surface area (Å²) in [6.07, 6.45) is 1.73. The highest BCUT2D eigenvalue weighted by Gasteiger charge is 2.10. The van der Waals surface area contributed by atoms with Crippen LogP contribution in [0, 0.1) is 0 Å². The first-order chi connectivity index (χ1) is 6.20. The summed E-state index contributed by atoms with van der Waals surface area (Å²) in [5.74, 6) is -1.01. The summed E-state index contributed by atoms with van der Waals surface area (Å²) in [6, 6.07) is 5.08. The minimum atomic E-state index is -1.01.